The predicted octanol–water partition coefficient (Wildman–Crippen LogP) is 2.49. The first-order chi connectivity index (χ1) is 18.6. The highest BCUT2D eigenvalue weighted by molar-refractivity contribution is 7.86. The molecule has 39 heavy (non-hydrogen) atoms. The van der Waals surface area contributed by atoms with E-state index in [0.717, 1.165) is 22.3 Å². The van der Waals surface area contributed by atoms with Crippen molar-refractivity contribution in [1.82, 2.24) is 5.48 Å². The maximum Gasteiger partial charge on any atom is 0.379 e. The average Bonchev–Trinajstić information content (AvgIpc) is 3.56. The van der Waals surface area contributed by atoms with Gasteiger partial charge in [-0.1, -0.05) is 19.1 Å². The molecule has 0 saturated carbocycles. The summed E-state index contributed by atoms with van der Waals surface area (Å²) in [5, 5.41) is 0. The molecule has 0 spiro atoms. The van der Waals surface area contributed by atoms with Gasteiger partial charge in [0, 0.05) is 25.6 Å². The minimum Gasteiger partial charge on any atom is -0.438 e. The Bertz CT molecular complexity index is 1610. The number of ether oxygens (including phenoxy) is 2. The van der Waals surface area contributed by atoms with Crippen LogP contribution in [0, 0.1) is 0 Å². The van der Waals surface area contributed by atoms with E-state index in [-0.39, 0.29) is 30.9 Å². The lowest BCUT2D eigenvalue weighted by Crippen LogP contribution is -2.36. The van der Waals surface area contributed by atoms with Gasteiger partial charge in [-0.2, -0.15) is 31.2 Å². The lowest BCUT2D eigenvalue weighted by atomic mass is 10.1. The summed E-state index contributed by atoms with van der Waals surface area (Å²) >= 11 is 0. The van der Waals surface area contributed by atoms with E-state index in [4.69, 9.17) is 18.2 Å². The lowest BCUT2D eigenvalue weighted by molar-refractivity contribution is -0.677. The molecule has 0 aliphatic carbocycles. The number of nitrogens with one attached hydrogen (secondary N) is 1. The van der Waals surface area contributed by atoms with Crippen LogP contribution in [0.5, 0.6) is 5.75 Å². The second kappa shape index (κ2) is 11.2. The van der Waals surface area contributed by atoms with Crippen LogP contribution in [0.3, 0.4) is 0 Å². The summed E-state index contributed by atoms with van der Waals surface area (Å²) in [5.41, 5.74) is 6.58. The van der Waals surface area contributed by atoms with Crippen molar-refractivity contribution in [2.24, 2.45) is 0 Å². The van der Waals surface area contributed by atoms with Gasteiger partial charge in [0.25, 0.3) is 25.8 Å². The smallest absolute Gasteiger partial charge is 0.379 e. The van der Waals surface area contributed by atoms with Gasteiger partial charge in [0.15, 0.2) is 12.3 Å². The standard InChI is InChI=1S/C25H29N3O9S2/c1-2-26-37-39(32,33)12-6-10-28-21-13-18-16-34-17-19(18)14-23(21)36-25(28)15-24-27(9-5-11-38(29,30)31)20-7-3-4-8-22(20)35-24/h3-4,7-8,13-15,26H,2,5-6,9-12,16-17H2,1H3/p+1. The molecule has 0 unspecified atom stereocenters. The van der Waals surface area contributed by atoms with Crippen molar-refractivity contribution >= 4 is 43.1 Å². The molecule has 210 valence electrons. The second-order valence-electron chi connectivity index (χ2n) is 9.21. The fourth-order valence-electron chi connectivity index (χ4n) is 4.60. The van der Waals surface area contributed by atoms with Crippen LogP contribution in [-0.2, 0) is 49.0 Å². The van der Waals surface area contributed by atoms with Gasteiger partial charge in [0.05, 0.1) is 30.4 Å². The number of hydroxylamine groups is 1. The SMILES string of the molecule is CCNOS(=O)(=O)CCCN1C(=Cc2oc3ccccc3[n+]2CCCS(=O)(=O)O)Oc2cc3c(cc21)COC3. The van der Waals surface area contributed by atoms with E-state index in [1.54, 1.807) is 19.1 Å². The highest BCUT2D eigenvalue weighted by Gasteiger charge is 2.32. The number of para-hydroxylation sites is 2. The van der Waals surface area contributed by atoms with E-state index in [1.165, 1.54) is 0 Å². The highest BCUT2D eigenvalue weighted by Crippen LogP contribution is 2.43. The predicted molar refractivity (Wildman–Crippen MR) is 141 cm³/mol. The van der Waals surface area contributed by atoms with Crippen LogP contribution < -0.4 is 19.7 Å². The maximum absolute atomic E-state index is 12.2. The Morgan fingerprint density at radius 3 is 2.64 bits per heavy atom. The first-order valence-corrected chi connectivity index (χ1v) is 15.7. The van der Waals surface area contributed by atoms with Crippen molar-refractivity contribution in [3.63, 3.8) is 0 Å². The third-order valence-corrected chi connectivity index (χ3v) is 8.31. The molecule has 2 aliphatic rings. The molecule has 14 heteroatoms. The van der Waals surface area contributed by atoms with Gasteiger partial charge in [-0.15, -0.1) is 0 Å². The molecule has 0 atom stereocenters. The molecule has 3 aromatic rings. The van der Waals surface area contributed by atoms with E-state index in [1.807, 2.05) is 39.8 Å². The third-order valence-electron chi connectivity index (χ3n) is 6.34. The second-order valence-corrected chi connectivity index (χ2v) is 12.5. The molecule has 5 rings (SSSR count). The Balaban J connectivity index is 1.47. The number of anilines is 1. The van der Waals surface area contributed by atoms with Crippen molar-refractivity contribution in [2.75, 3.05) is 29.5 Å². The molecule has 0 radical (unpaired) electrons. The first-order valence-electron chi connectivity index (χ1n) is 12.5. The van der Waals surface area contributed by atoms with E-state index in [9.17, 15) is 21.4 Å². The summed E-state index contributed by atoms with van der Waals surface area (Å²) in [6, 6.07) is 11.3. The largest absolute Gasteiger partial charge is 0.438 e. The van der Waals surface area contributed by atoms with E-state index in [0.29, 0.717) is 49.4 Å². The Labute approximate surface area is 226 Å². The van der Waals surface area contributed by atoms with E-state index in [2.05, 4.69) is 5.48 Å². The fraction of sp³-hybridized carbons (Fsp3) is 0.400. The van der Waals surface area contributed by atoms with Gasteiger partial charge in [0.2, 0.25) is 11.5 Å². The summed E-state index contributed by atoms with van der Waals surface area (Å²) in [5.74, 6) is 0.875. The lowest BCUT2D eigenvalue weighted by Gasteiger charge is -2.18. The normalized spacial score (nSPS) is 16.2. The molecule has 0 saturated heterocycles. The van der Waals surface area contributed by atoms with E-state index >= 15 is 0 Å². The van der Waals surface area contributed by atoms with Gasteiger partial charge in [-0.05, 0) is 35.7 Å². The Kier molecular flexibility index (Phi) is 7.94. The monoisotopic (exact) mass is 580 g/mol. The minimum absolute atomic E-state index is 0.171. The number of hydrogen-bond acceptors (Lipinski definition) is 10. The topological polar surface area (TPSA) is 148 Å². The summed E-state index contributed by atoms with van der Waals surface area (Å²) in [4.78, 5) is 1.88. The Morgan fingerprint density at radius 2 is 1.87 bits per heavy atom. The van der Waals surface area contributed by atoms with E-state index < -0.39 is 20.2 Å². The van der Waals surface area contributed by atoms with Crippen molar-refractivity contribution in [3.05, 3.63) is 59.3 Å². The minimum atomic E-state index is -4.11. The summed E-state index contributed by atoms with van der Waals surface area (Å²) in [6.45, 7) is 3.65. The third kappa shape index (κ3) is 6.42. The van der Waals surface area contributed by atoms with Crippen LogP contribution in [0.15, 0.2) is 46.7 Å². The highest BCUT2D eigenvalue weighted by atomic mass is 32.2. The van der Waals surface area contributed by atoms with Crippen LogP contribution in [0.25, 0.3) is 17.2 Å². The summed E-state index contributed by atoms with van der Waals surface area (Å²) in [7, 11) is -7.87. The number of benzene rings is 2. The molecule has 2 aliphatic heterocycles. The van der Waals surface area contributed by atoms with Crippen molar-refractivity contribution in [1.29, 1.82) is 0 Å². The van der Waals surface area contributed by atoms with Crippen LogP contribution in [-0.4, -0.2) is 46.0 Å². The molecule has 0 bridgehead atoms. The summed E-state index contributed by atoms with van der Waals surface area (Å²) in [6.07, 6.45) is 2.14. The zero-order valence-corrected chi connectivity index (χ0v) is 23.0. The number of fused-ring (bicyclic) bond motifs is 3. The molecule has 12 nitrogen and oxygen atoms in total. The van der Waals surface area contributed by atoms with Gasteiger partial charge >= 0.3 is 5.89 Å². The van der Waals surface area contributed by atoms with Gasteiger partial charge in [0.1, 0.15) is 6.08 Å². The van der Waals surface area contributed by atoms with Gasteiger partial charge in [-0.25, -0.2) is 0 Å². The molecule has 3 heterocycles. The zero-order chi connectivity index (χ0) is 27.6. The average molecular weight is 581 g/mol. The quantitative estimate of drug-likeness (QED) is 0.185. The number of aryl methyl sites for hydroxylation is 1. The first kappa shape index (κ1) is 27.6. The van der Waals surface area contributed by atoms with Crippen LogP contribution in [0.4, 0.5) is 5.69 Å². The molecular weight excluding hydrogens is 550 g/mol. The van der Waals surface area contributed by atoms with Gasteiger partial charge < -0.3 is 18.8 Å². The molecule has 0 amide bonds. The zero-order valence-electron chi connectivity index (χ0n) is 21.3. The molecule has 1 aromatic heterocycles. The number of rotatable bonds is 12. The number of hydrogen-bond donors (Lipinski definition) is 2. The number of nitrogens with zero attached hydrogens (tertiary/aromatic N) is 2. The number of aromatic nitrogens is 1. The Hall–Kier alpha value is -3.01. The van der Waals surface area contributed by atoms with Crippen molar-refractivity contribution < 1.29 is 44.1 Å². The van der Waals surface area contributed by atoms with Crippen molar-refractivity contribution in [3.8, 4) is 5.75 Å². The van der Waals surface area contributed by atoms with Crippen LogP contribution in [0.2, 0.25) is 0 Å². The van der Waals surface area contributed by atoms with Gasteiger partial charge in [-0.3, -0.25) is 4.55 Å². The number of oxazole rings is 1. The molecule has 0 fully saturated rings. The summed E-state index contributed by atoms with van der Waals surface area (Å²) < 4.78 is 80.7. The van der Waals surface area contributed by atoms with Crippen LogP contribution in [0.1, 0.15) is 36.8 Å². The fourth-order valence-corrected chi connectivity index (χ4v) is 5.96. The van der Waals surface area contributed by atoms with Crippen molar-refractivity contribution in [2.45, 2.75) is 39.5 Å². The molecule has 2 N–H and O–H groups in total. The maximum atomic E-state index is 12.2. The Morgan fingerprint density at radius 1 is 1.10 bits per heavy atom. The molecule has 2 aromatic carbocycles. The van der Waals surface area contributed by atoms with Crippen LogP contribution >= 0.6 is 0 Å². The molecular formula is C25H30N3O9S2+.